The minimum Gasteiger partial charge on any atom is -0.477 e. The molecule has 0 spiro atoms. The van der Waals surface area contributed by atoms with Crippen molar-refractivity contribution in [3.05, 3.63) is 22.3 Å². The Bertz CT molecular complexity index is 1290. The van der Waals surface area contributed by atoms with Gasteiger partial charge in [0.05, 0.1) is 18.4 Å². The monoisotopic (exact) mass is 546 g/mol. The van der Waals surface area contributed by atoms with Gasteiger partial charge in [0.25, 0.3) is 5.91 Å². The maximum Gasteiger partial charge on any atom is 0.352 e. The van der Waals surface area contributed by atoms with E-state index in [-0.39, 0.29) is 17.2 Å². The van der Waals surface area contributed by atoms with Gasteiger partial charge in [-0.3, -0.25) is 19.2 Å². The highest BCUT2D eigenvalue weighted by molar-refractivity contribution is 8.01. The van der Waals surface area contributed by atoms with Crippen LogP contribution in [0.3, 0.4) is 0 Å². The zero-order valence-corrected chi connectivity index (χ0v) is 20.9. The molecule has 182 valence electrons. The van der Waals surface area contributed by atoms with Crippen LogP contribution in [0, 0.1) is 0 Å². The van der Waals surface area contributed by atoms with Crippen LogP contribution in [0.4, 0.5) is 5.13 Å². The highest BCUT2D eigenvalue weighted by atomic mass is 32.2. The van der Waals surface area contributed by atoms with Gasteiger partial charge < -0.3 is 10.4 Å². The molecular weight excluding hydrogens is 528 g/mol. The van der Waals surface area contributed by atoms with Crippen molar-refractivity contribution in [2.24, 2.45) is 7.05 Å². The van der Waals surface area contributed by atoms with Gasteiger partial charge in [0.1, 0.15) is 17.1 Å². The van der Waals surface area contributed by atoms with Crippen LogP contribution < -0.4 is 10.0 Å². The molecule has 1 unspecified atom stereocenters. The van der Waals surface area contributed by atoms with Crippen molar-refractivity contribution in [1.82, 2.24) is 35.4 Å². The lowest BCUT2D eigenvalue weighted by Gasteiger charge is -2.49. The molecule has 0 saturated carbocycles. The van der Waals surface area contributed by atoms with Gasteiger partial charge in [0.2, 0.25) is 21.1 Å². The number of amides is 2. The van der Waals surface area contributed by atoms with Gasteiger partial charge in [0, 0.05) is 23.9 Å². The molecule has 4 rings (SSSR count). The maximum absolute atomic E-state index is 12.8. The van der Waals surface area contributed by atoms with E-state index < -0.39 is 39.2 Å². The fraction of sp³-hybridized carbons (Fsp3) is 0.438. The SMILES string of the molecule is Cn1nnnc1SCC1=C(C(=O)O)N2C(=O)C(NC(=O)Cc3csc(NS(C)(=O)=O)n3)[C@H]2SC1. The number of sulfonamides is 1. The molecule has 2 amide bonds. The Morgan fingerprint density at radius 1 is 1.38 bits per heavy atom. The summed E-state index contributed by atoms with van der Waals surface area (Å²) in [6, 6.07) is -0.865. The van der Waals surface area contributed by atoms with Crippen LogP contribution >= 0.6 is 34.9 Å². The van der Waals surface area contributed by atoms with Gasteiger partial charge in [-0.1, -0.05) is 11.8 Å². The molecule has 18 heteroatoms. The first kappa shape index (κ1) is 24.4. The Labute approximate surface area is 205 Å². The number of carboxylic acids is 1. The average Bonchev–Trinajstić information content (AvgIpc) is 3.36. The van der Waals surface area contributed by atoms with Crippen molar-refractivity contribution in [2.45, 2.75) is 23.0 Å². The van der Waals surface area contributed by atoms with E-state index >= 15 is 0 Å². The number of nitrogens with one attached hydrogen (secondary N) is 2. The number of carboxylic acid groups (broad SMARTS) is 1. The van der Waals surface area contributed by atoms with Crippen molar-refractivity contribution in [3.8, 4) is 0 Å². The number of fused-ring (bicyclic) bond motifs is 1. The number of tetrazole rings is 1. The highest BCUT2D eigenvalue weighted by Crippen LogP contribution is 2.41. The number of aliphatic carboxylic acids is 1. The molecule has 14 nitrogen and oxygen atoms in total. The number of anilines is 1. The summed E-state index contributed by atoms with van der Waals surface area (Å²) in [6.07, 6.45) is 0.839. The van der Waals surface area contributed by atoms with Crippen molar-refractivity contribution >= 4 is 67.8 Å². The van der Waals surface area contributed by atoms with Crippen LogP contribution in [-0.4, -0.2) is 90.6 Å². The van der Waals surface area contributed by atoms with Crippen LogP contribution in [0.15, 0.2) is 21.8 Å². The number of hydrogen-bond acceptors (Lipinski definition) is 12. The zero-order chi connectivity index (χ0) is 24.6. The summed E-state index contributed by atoms with van der Waals surface area (Å²) >= 11 is 3.66. The van der Waals surface area contributed by atoms with Crippen LogP contribution in [0.2, 0.25) is 0 Å². The maximum atomic E-state index is 12.8. The van der Waals surface area contributed by atoms with Gasteiger partial charge in [-0.05, 0) is 16.0 Å². The predicted molar refractivity (Wildman–Crippen MR) is 123 cm³/mol. The number of nitrogens with zero attached hydrogens (tertiary/aromatic N) is 6. The Morgan fingerprint density at radius 2 is 2.15 bits per heavy atom. The van der Waals surface area contributed by atoms with E-state index in [9.17, 15) is 27.9 Å². The number of carbonyl (C=O) groups excluding carboxylic acids is 2. The molecule has 2 aromatic rings. The molecule has 1 fully saturated rings. The van der Waals surface area contributed by atoms with Gasteiger partial charge in [0.15, 0.2) is 5.13 Å². The predicted octanol–water partition coefficient (Wildman–Crippen LogP) is -0.888. The van der Waals surface area contributed by atoms with E-state index in [4.69, 9.17) is 0 Å². The van der Waals surface area contributed by atoms with E-state index in [0.29, 0.717) is 27.9 Å². The largest absolute Gasteiger partial charge is 0.477 e. The zero-order valence-electron chi connectivity index (χ0n) is 17.7. The third kappa shape index (κ3) is 5.18. The van der Waals surface area contributed by atoms with Gasteiger partial charge in [-0.25, -0.2) is 22.9 Å². The number of aryl methyl sites for hydroxylation is 1. The Kier molecular flexibility index (Phi) is 6.83. The first-order chi connectivity index (χ1) is 16.0. The first-order valence-corrected chi connectivity index (χ1v) is 14.3. The van der Waals surface area contributed by atoms with Crippen LogP contribution in [0.1, 0.15) is 5.69 Å². The highest BCUT2D eigenvalue weighted by Gasteiger charge is 2.54. The van der Waals surface area contributed by atoms with E-state index in [1.165, 1.54) is 33.1 Å². The first-order valence-electron chi connectivity index (χ1n) is 9.50. The Hall–Kier alpha value is -2.70. The minimum absolute atomic E-state index is 0.0853. The van der Waals surface area contributed by atoms with E-state index in [0.717, 1.165) is 17.6 Å². The molecule has 1 saturated heterocycles. The number of hydrogen-bond donors (Lipinski definition) is 3. The van der Waals surface area contributed by atoms with Crippen molar-refractivity contribution in [3.63, 3.8) is 0 Å². The minimum atomic E-state index is -3.48. The van der Waals surface area contributed by atoms with E-state index in [1.54, 1.807) is 12.4 Å². The van der Waals surface area contributed by atoms with Crippen LogP contribution in [0.25, 0.3) is 0 Å². The molecular formula is C16H18N8O6S4. The third-order valence-electron chi connectivity index (χ3n) is 4.69. The molecule has 2 atom stereocenters. The molecule has 3 N–H and O–H groups in total. The summed E-state index contributed by atoms with van der Waals surface area (Å²) in [4.78, 5) is 42.4. The van der Waals surface area contributed by atoms with Crippen LogP contribution in [0.5, 0.6) is 0 Å². The van der Waals surface area contributed by atoms with Gasteiger partial charge in [-0.2, -0.15) is 0 Å². The second-order valence-electron chi connectivity index (χ2n) is 7.28. The second kappa shape index (κ2) is 9.51. The molecule has 34 heavy (non-hydrogen) atoms. The molecule has 0 bridgehead atoms. The van der Waals surface area contributed by atoms with Crippen LogP contribution in [-0.2, 0) is 37.9 Å². The summed E-state index contributed by atoms with van der Waals surface area (Å²) < 4.78 is 26.3. The number of rotatable bonds is 9. The Balaban J connectivity index is 1.39. The normalized spacial score (nSPS) is 20.1. The number of thiazole rings is 1. The Morgan fingerprint density at radius 3 is 2.79 bits per heavy atom. The number of aromatic nitrogens is 5. The summed E-state index contributed by atoms with van der Waals surface area (Å²) in [5.41, 5.74) is 0.823. The number of thioether (sulfide) groups is 2. The van der Waals surface area contributed by atoms with E-state index in [1.807, 2.05) is 0 Å². The topological polar surface area (TPSA) is 189 Å². The molecule has 0 aromatic carbocycles. The molecule has 2 aliphatic heterocycles. The van der Waals surface area contributed by atoms with Gasteiger partial charge >= 0.3 is 5.97 Å². The standard InChI is InChI=1S/C16H18N8O6S4/c1-23-16(19-21-22-23)33-5-7-4-31-13-10(12(26)24(13)11(7)14(27)28)18-9(25)3-8-6-32-15(17-8)20-34(2,29)30/h6,10,13H,3-5H2,1-2H3,(H,17,20)(H,18,25)(H,27,28)/t10?,13-/m1/s1. The molecule has 0 aliphatic carbocycles. The second-order valence-corrected chi connectivity index (χ2v) is 11.9. The lowest BCUT2D eigenvalue weighted by atomic mass is 10.0. The fourth-order valence-corrected chi connectivity index (χ4v) is 7.17. The summed E-state index contributed by atoms with van der Waals surface area (Å²) in [5, 5.41) is 25.2. The van der Waals surface area contributed by atoms with Crippen molar-refractivity contribution < 1.29 is 27.9 Å². The number of carbonyl (C=O) groups is 3. The average molecular weight is 547 g/mol. The third-order valence-corrected chi connectivity index (χ3v) is 8.63. The molecule has 0 radical (unpaired) electrons. The van der Waals surface area contributed by atoms with Crippen molar-refractivity contribution in [1.29, 1.82) is 0 Å². The summed E-state index contributed by atoms with van der Waals surface area (Å²) in [5.74, 6) is -1.55. The van der Waals surface area contributed by atoms with Crippen molar-refractivity contribution in [2.75, 3.05) is 22.5 Å². The molecule has 2 aromatic heterocycles. The molecule has 2 aliphatic rings. The fourth-order valence-electron chi connectivity index (χ4n) is 3.27. The smallest absolute Gasteiger partial charge is 0.352 e. The van der Waals surface area contributed by atoms with Gasteiger partial charge in [-0.15, -0.1) is 28.2 Å². The number of β-lactam (4-membered cyclic amide) rings is 1. The summed E-state index contributed by atoms with van der Waals surface area (Å²) in [7, 11) is -1.81. The lowest BCUT2D eigenvalue weighted by Crippen LogP contribution is -2.70. The van der Waals surface area contributed by atoms with E-state index in [2.05, 4.69) is 30.5 Å². The molecule has 4 heterocycles. The lowest BCUT2D eigenvalue weighted by molar-refractivity contribution is -0.150. The quantitative estimate of drug-likeness (QED) is 0.260. The summed E-state index contributed by atoms with van der Waals surface area (Å²) in [6.45, 7) is 0.